The van der Waals surface area contributed by atoms with Gasteiger partial charge in [-0.3, -0.25) is 4.79 Å². The van der Waals surface area contributed by atoms with Gasteiger partial charge in [-0.25, -0.2) is 4.79 Å². The number of hydrogen-bond donors (Lipinski definition) is 4. The third kappa shape index (κ3) is 4.59. The first kappa shape index (κ1) is 15.0. The number of urea groups is 1. The molecule has 0 saturated carbocycles. The van der Waals surface area contributed by atoms with Gasteiger partial charge in [0.05, 0.1) is 6.04 Å². The van der Waals surface area contributed by atoms with Crippen molar-refractivity contribution in [3.8, 4) is 0 Å². The lowest BCUT2D eigenvalue weighted by Gasteiger charge is -2.18. The Bertz CT molecular complexity index is 462. The minimum absolute atomic E-state index is 0.104. The Morgan fingerprint density at radius 2 is 1.84 bits per heavy atom. The molecule has 0 saturated heterocycles. The minimum atomic E-state index is -0.653. The number of hydrogen-bond acceptors (Lipinski definition) is 3. The highest BCUT2D eigenvalue weighted by molar-refractivity contribution is 5.96. The van der Waals surface area contributed by atoms with Crippen LogP contribution in [0.5, 0.6) is 0 Å². The monoisotopic (exact) mass is 264 g/mol. The molecule has 19 heavy (non-hydrogen) atoms. The quantitative estimate of drug-likeness (QED) is 0.646. The van der Waals surface area contributed by atoms with Crippen molar-refractivity contribution >= 4 is 23.3 Å². The average Bonchev–Trinajstić information content (AvgIpc) is 2.36. The molecule has 0 aromatic heterocycles. The van der Waals surface area contributed by atoms with Crippen molar-refractivity contribution in [2.45, 2.75) is 26.3 Å². The summed E-state index contributed by atoms with van der Waals surface area (Å²) in [7, 11) is 0. The van der Waals surface area contributed by atoms with Crippen LogP contribution in [0.4, 0.5) is 16.2 Å². The molecule has 3 amide bonds. The molecule has 0 fully saturated rings. The maximum Gasteiger partial charge on any atom is 0.316 e. The van der Waals surface area contributed by atoms with E-state index in [2.05, 4.69) is 10.6 Å². The second kappa shape index (κ2) is 6.75. The summed E-state index contributed by atoms with van der Waals surface area (Å²) in [5, 5.41) is 5.15. The first-order chi connectivity index (χ1) is 8.93. The average molecular weight is 264 g/mol. The number of benzene rings is 1. The summed E-state index contributed by atoms with van der Waals surface area (Å²) in [6.07, 6.45) is 0.831. The number of rotatable bonds is 5. The summed E-state index contributed by atoms with van der Waals surface area (Å²) in [6, 6.07) is 5.50. The lowest BCUT2D eigenvalue weighted by molar-refractivity contribution is -0.118. The highest BCUT2D eigenvalue weighted by atomic mass is 16.2. The van der Waals surface area contributed by atoms with Crippen molar-refractivity contribution in [1.29, 1.82) is 0 Å². The van der Waals surface area contributed by atoms with Crippen molar-refractivity contribution < 1.29 is 9.59 Å². The third-order valence-corrected chi connectivity index (χ3v) is 2.96. The molecule has 0 heterocycles. The van der Waals surface area contributed by atoms with E-state index >= 15 is 0 Å². The molecular weight excluding hydrogens is 244 g/mol. The molecule has 0 aliphatic heterocycles. The molecule has 6 heteroatoms. The number of carbonyl (C=O) groups is 2. The summed E-state index contributed by atoms with van der Waals surface area (Å²) in [6.45, 7) is 3.91. The zero-order chi connectivity index (χ0) is 14.4. The first-order valence-corrected chi connectivity index (χ1v) is 6.17. The van der Waals surface area contributed by atoms with Crippen LogP contribution in [0.25, 0.3) is 0 Å². The highest BCUT2D eigenvalue weighted by Crippen LogP contribution is 2.16. The molecule has 6 N–H and O–H groups in total. The van der Waals surface area contributed by atoms with Gasteiger partial charge in [0, 0.05) is 11.4 Å². The predicted octanol–water partition coefficient (Wildman–Crippen LogP) is 1.49. The van der Waals surface area contributed by atoms with Crippen LogP contribution < -0.4 is 22.1 Å². The largest absolute Gasteiger partial charge is 0.351 e. The second-order valence-electron chi connectivity index (χ2n) is 4.47. The Balaban J connectivity index is 2.71. The van der Waals surface area contributed by atoms with Crippen LogP contribution in [0.15, 0.2) is 24.3 Å². The number of amides is 3. The van der Waals surface area contributed by atoms with E-state index in [1.54, 1.807) is 24.3 Å². The zero-order valence-electron chi connectivity index (χ0n) is 11.1. The van der Waals surface area contributed by atoms with E-state index in [9.17, 15) is 9.59 Å². The lowest BCUT2D eigenvalue weighted by atomic mass is 9.99. The molecule has 6 nitrogen and oxygen atoms in total. The van der Waals surface area contributed by atoms with E-state index in [-0.39, 0.29) is 11.8 Å². The third-order valence-electron chi connectivity index (χ3n) is 2.96. The molecule has 0 radical (unpaired) electrons. The van der Waals surface area contributed by atoms with E-state index in [0.717, 1.165) is 6.42 Å². The highest BCUT2D eigenvalue weighted by Gasteiger charge is 2.19. The summed E-state index contributed by atoms with van der Waals surface area (Å²) in [5.41, 5.74) is 11.9. The van der Waals surface area contributed by atoms with E-state index in [1.807, 2.05) is 13.8 Å². The van der Waals surface area contributed by atoms with Gasteiger partial charge in [-0.1, -0.05) is 26.3 Å². The topological polar surface area (TPSA) is 110 Å². The van der Waals surface area contributed by atoms with Crippen LogP contribution in [-0.4, -0.2) is 18.0 Å². The fraction of sp³-hybridized carbons (Fsp3) is 0.385. The summed E-state index contributed by atoms with van der Waals surface area (Å²) < 4.78 is 0. The maximum atomic E-state index is 11.9. The molecule has 0 aliphatic carbocycles. The SMILES string of the molecule is CC[C@H](C)[C@H](N)C(=O)Nc1cccc(NC(N)=O)c1. The van der Waals surface area contributed by atoms with Gasteiger partial charge in [-0.05, 0) is 24.1 Å². The summed E-state index contributed by atoms with van der Waals surface area (Å²) in [5.74, 6) is -0.141. The van der Waals surface area contributed by atoms with Crippen LogP contribution >= 0.6 is 0 Å². The Kier molecular flexibility index (Phi) is 5.32. The number of carbonyl (C=O) groups excluding carboxylic acids is 2. The van der Waals surface area contributed by atoms with Crippen LogP contribution in [0.2, 0.25) is 0 Å². The summed E-state index contributed by atoms with van der Waals surface area (Å²) in [4.78, 5) is 22.6. The van der Waals surface area contributed by atoms with Crippen LogP contribution in [-0.2, 0) is 4.79 Å². The van der Waals surface area contributed by atoms with Crippen molar-refractivity contribution in [2.24, 2.45) is 17.4 Å². The molecule has 1 aromatic carbocycles. The van der Waals surface area contributed by atoms with E-state index in [4.69, 9.17) is 11.5 Å². The molecule has 2 atom stereocenters. The Morgan fingerprint density at radius 3 is 2.37 bits per heavy atom. The molecule has 1 rings (SSSR count). The molecule has 0 aliphatic rings. The smallest absolute Gasteiger partial charge is 0.316 e. The van der Waals surface area contributed by atoms with Gasteiger partial charge in [-0.2, -0.15) is 0 Å². The zero-order valence-corrected chi connectivity index (χ0v) is 11.1. The summed E-state index contributed by atoms with van der Waals surface area (Å²) >= 11 is 0. The number of nitrogens with one attached hydrogen (secondary N) is 2. The van der Waals surface area contributed by atoms with Gasteiger partial charge in [0.25, 0.3) is 0 Å². The molecule has 1 aromatic rings. The van der Waals surface area contributed by atoms with Crippen LogP contribution in [0.1, 0.15) is 20.3 Å². The number of nitrogens with two attached hydrogens (primary N) is 2. The van der Waals surface area contributed by atoms with Gasteiger partial charge in [0.15, 0.2) is 0 Å². The van der Waals surface area contributed by atoms with Gasteiger partial charge in [0.1, 0.15) is 0 Å². The molecular formula is C13H20N4O2. The molecule has 0 unspecified atom stereocenters. The molecule has 104 valence electrons. The Morgan fingerprint density at radius 1 is 1.26 bits per heavy atom. The van der Waals surface area contributed by atoms with Gasteiger partial charge in [0.2, 0.25) is 5.91 Å². The van der Waals surface area contributed by atoms with Crippen LogP contribution in [0.3, 0.4) is 0 Å². The predicted molar refractivity (Wildman–Crippen MR) is 75.7 cm³/mol. The van der Waals surface area contributed by atoms with Crippen molar-refractivity contribution in [3.63, 3.8) is 0 Å². The Hall–Kier alpha value is -2.08. The van der Waals surface area contributed by atoms with Crippen LogP contribution in [0, 0.1) is 5.92 Å². The minimum Gasteiger partial charge on any atom is -0.351 e. The number of primary amides is 1. The van der Waals surface area contributed by atoms with Crippen molar-refractivity contribution in [3.05, 3.63) is 24.3 Å². The molecule has 0 spiro atoms. The van der Waals surface area contributed by atoms with E-state index in [1.165, 1.54) is 0 Å². The Labute approximate surface area is 112 Å². The maximum absolute atomic E-state index is 11.9. The fourth-order valence-electron chi connectivity index (χ4n) is 1.55. The standard InChI is InChI=1S/C13H20N4O2/c1-3-8(2)11(14)12(18)16-9-5-4-6-10(7-9)17-13(15)19/h4-8,11H,3,14H2,1-2H3,(H,16,18)(H3,15,17,19)/t8-,11-/m0/s1. The van der Waals surface area contributed by atoms with Gasteiger partial charge in [-0.15, -0.1) is 0 Å². The van der Waals surface area contributed by atoms with Gasteiger partial charge < -0.3 is 22.1 Å². The van der Waals surface area contributed by atoms with E-state index < -0.39 is 12.1 Å². The van der Waals surface area contributed by atoms with E-state index in [0.29, 0.717) is 11.4 Å². The van der Waals surface area contributed by atoms with Crippen molar-refractivity contribution in [2.75, 3.05) is 10.6 Å². The second-order valence-corrected chi connectivity index (χ2v) is 4.47. The lowest BCUT2D eigenvalue weighted by Crippen LogP contribution is -2.40. The molecule has 0 bridgehead atoms. The first-order valence-electron chi connectivity index (χ1n) is 6.17. The van der Waals surface area contributed by atoms with Gasteiger partial charge >= 0.3 is 6.03 Å². The number of anilines is 2. The normalized spacial score (nSPS) is 13.4. The fourth-order valence-corrected chi connectivity index (χ4v) is 1.55. The van der Waals surface area contributed by atoms with Crippen molar-refractivity contribution in [1.82, 2.24) is 0 Å².